The van der Waals surface area contributed by atoms with E-state index < -0.39 is 136 Å². The second-order valence-corrected chi connectivity index (χ2v) is 13.3. The minimum absolute atomic E-state index is 0.0192. The Bertz CT molecular complexity index is 1900. The van der Waals surface area contributed by atoms with Gasteiger partial charge in [-0.1, -0.05) is 6.58 Å². The molecule has 0 radical (unpaired) electrons. The molecule has 68 heavy (non-hydrogen) atoms. The molecule has 0 spiro atoms. The largest absolute Gasteiger partial charge is 0.473 e. The molecule has 0 unspecified atom stereocenters. The van der Waals surface area contributed by atoms with E-state index in [9.17, 15) is 180 Å². The lowest BCUT2D eigenvalue weighted by molar-refractivity contribution is -0.502. The van der Waals surface area contributed by atoms with E-state index in [1.165, 1.54) is 0 Å². The van der Waals surface area contributed by atoms with E-state index in [0.29, 0.717) is 0 Å². The normalized spacial score (nSPS) is 25.1. The first-order chi connectivity index (χ1) is 28.6. The van der Waals surface area contributed by atoms with Gasteiger partial charge in [-0.05, 0) is 6.92 Å². The van der Waals surface area contributed by atoms with Crippen molar-refractivity contribution in [3.63, 3.8) is 0 Å². The Kier molecular flexibility index (Phi) is 13.5. The maximum absolute atomic E-state index is 15.5. The third-order valence-electron chi connectivity index (χ3n) is 8.94. The second-order valence-electron chi connectivity index (χ2n) is 13.3. The fourth-order valence-corrected chi connectivity index (χ4v) is 4.65. The summed E-state index contributed by atoms with van der Waals surface area (Å²) in [5, 5.41) is 0. The van der Waals surface area contributed by atoms with E-state index in [1.807, 2.05) is 0 Å². The first kappa shape index (κ1) is 62.4. The second kappa shape index (κ2) is 14.7. The molecule has 0 amide bonds. The van der Waals surface area contributed by atoms with Gasteiger partial charge in [-0.2, -0.15) is 176 Å². The lowest BCUT2D eigenvalue weighted by Crippen LogP contribution is -2.86. The van der Waals surface area contributed by atoms with Crippen molar-refractivity contribution in [1.29, 1.82) is 0 Å². The lowest BCUT2D eigenvalue weighted by Gasteiger charge is -2.51. The van der Waals surface area contributed by atoms with Gasteiger partial charge in [0.25, 0.3) is 0 Å². The van der Waals surface area contributed by atoms with Crippen LogP contribution in [0, 0.1) is 0 Å². The van der Waals surface area contributed by atoms with Crippen LogP contribution in [0.15, 0.2) is 12.2 Å². The number of hydrogen-bond donors (Lipinski definition) is 0. The van der Waals surface area contributed by atoms with Gasteiger partial charge in [-0.3, -0.25) is 0 Å². The third-order valence-corrected chi connectivity index (χ3v) is 8.94. The van der Waals surface area contributed by atoms with E-state index in [4.69, 9.17) is 0 Å². The molecule has 0 aliphatic heterocycles. The fraction of sp³-hybridized carbons (Fsp3) is 0.880. The van der Waals surface area contributed by atoms with Crippen LogP contribution in [0.3, 0.4) is 0 Å². The Labute approximate surface area is 340 Å². The Hall–Kier alpha value is -3.66. The maximum Gasteiger partial charge on any atom is 0.473 e. The van der Waals surface area contributed by atoms with Crippen LogP contribution in [0.25, 0.3) is 0 Å². The summed E-state index contributed by atoms with van der Waals surface area (Å²) in [5.41, 5.74) is -13.6. The van der Waals surface area contributed by atoms with Gasteiger partial charge in [0.1, 0.15) is 0 Å². The van der Waals surface area contributed by atoms with E-state index in [0.717, 1.165) is 0 Å². The molecule has 0 N–H and O–H groups in total. The molecule has 2 nitrogen and oxygen atoms in total. The zero-order valence-corrected chi connectivity index (χ0v) is 29.5. The van der Waals surface area contributed by atoms with Crippen molar-refractivity contribution in [2.24, 2.45) is 0 Å². The summed E-state index contributed by atoms with van der Waals surface area (Å²) in [5.74, 6) is -204. The van der Waals surface area contributed by atoms with Crippen molar-refractivity contribution < 1.29 is 190 Å². The highest BCUT2D eigenvalue weighted by atomic mass is 19.4. The van der Waals surface area contributed by atoms with Gasteiger partial charge < -0.3 is 4.74 Å². The number of carbonyl (C=O) groups excluding carboxylic acids is 1. The minimum Gasteiger partial charge on any atom is -0.393 e. The van der Waals surface area contributed by atoms with Gasteiger partial charge in [0.05, 0.1) is 0 Å². The SMILES string of the molecule is C=C(C)C(=O)OC(F)(F)C(F)(F)C(F)(F)C(F)(F)C(F)(F)C(F)(F)C(F)(F)C(F)(F)C(F)(F)C(F)(F)C1(F)C(F)(F)C(F)(F)C(F)(F)C(F)(F)C(F)(F)C(F)(F)C(F)(F)C(F)(F)C(F)(F)C1(F)F. The number of esters is 1. The van der Waals surface area contributed by atoms with Crippen LogP contribution in [0.1, 0.15) is 6.92 Å². The van der Waals surface area contributed by atoms with Crippen LogP contribution < -0.4 is 0 Å². The molecule has 1 fully saturated rings. The summed E-state index contributed by atoms with van der Waals surface area (Å²) < 4.78 is 586. The summed E-state index contributed by atoms with van der Waals surface area (Å²) in [7, 11) is 0. The monoisotopic (exact) mass is 1120 g/mol. The van der Waals surface area contributed by atoms with Crippen LogP contribution in [0.2, 0.25) is 0 Å². The first-order valence-electron chi connectivity index (χ1n) is 14.7. The molecular formula is C25H5F41O2. The molecule has 1 aliphatic carbocycles. The molecule has 1 saturated carbocycles. The highest BCUT2D eigenvalue weighted by Gasteiger charge is 3.09. The quantitative estimate of drug-likeness (QED) is 0.111. The Morgan fingerprint density at radius 1 is 0.309 bits per heavy atom. The smallest absolute Gasteiger partial charge is 0.393 e. The van der Waals surface area contributed by atoms with Crippen molar-refractivity contribution >= 4 is 5.97 Å². The Balaban J connectivity index is 4.77. The predicted molar refractivity (Wildman–Crippen MR) is 124 cm³/mol. The number of rotatable bonds is 12. The standard InChI is InChI=1S/C25H5F41O2/c1-3(2)4(67)68-25(65,66)24(63,64)23(61,62)22(59,60)21(57,58)20(55,56)17(49,50)14(43,44)11(37,38)8(31,32)5(26)6(27,28)9(33,34)12(39,40)15(45,46)18(51,52)19(53,54)16(47,48)13(41,42)10(35,36)7(5,29)30/h1H2,2H3. The number of alkyl halides is 41. The average Bonchev–Trinajstić information content (AvgIpc) is 3.11. The van der Waals surface area contributed by atoms with Gasteiger partial charge in [-0.25, -0.2) is 9.18 Å². The molecule has 0 aromatic heterocycles. The number of ether oxygens (including phenoxy) is 1. The van der Waals surface area contributed by atoms with Gasteiger partial charge in [0.15, 0.2) is 0 Å². The van der Waals surface area contributed by atoms with E-state index in [-0.39, 0.29) is 6.92 Å². The molecular weight excluding hydrogens is 1110 g/mol. The molecule has 0 atom stereocenters. The average molecular weight is 1120 g/mol. The minimum atomic E-state index is -11.8. The summed E-state index contributed by atoms with van der Waals surface area (Å²) in [4.78, 5) is 10.9. The zero-order valence-electron chi connectivity index (χ0n) is 29.5. The molecule has 1 aliphatic rings. The van der Waals surface area contributed by atoms with Crippen LogP contribution in [0.4, 0.5) is 180 Å². The van der Waals surface area contributed by atoms with Gasteiger partial charge in [-0.15, -0.1) is 0 Å². The molecule has 0 heterocycles. The van der Waals surface area contributed by atoms with Gasteiger partial charge in [0, 0.05) is 5.57 Å². The van der Waals surface area contributed by atoms with Crippen molar-refractivity contribution in [1.82, 2.24) is 0 Å². The molecule has 0 aromatic rings. The molecule has 0 aromatic carbocycles. The topological polar surface area (TPSA) is 26.3 Å². The molecule has 0 saturated heterocycles. The van der Waals surface area contributed by atoms with Crippen molar-refractivity contribution in [2.45, 2.75) is 131 Å². The van der Waals surface area contributed by atoms with E-state index in [2.05, 4.69) is 11.3 Å². The van der Waals surface area contributed by atoms with Crippen LogP contribution in [-0.4, -0.2) is 130 Å². The molecule has 404 valence electrons. The van der Waals surface area contributed by atoms with Crippen molar-refractivity contribution in [3.8, 4) is 0 Å². The summed E-state index contributed by atoms with van der Waals surface area (Å²) in [6.07, 6.45) is -8.04. The van der Waals surface area contributed by atoms with Crippen molar-refractivity contribution in [2.75, 3.05) is 0 Å². The first-order valence-corrected chi connectivity index (χ1v) is 14.7. The molecule has 0 bridgehead atoms. The molecule has 1 rings (SSSR count). The molecule has 43 heteroatoms. The number of carbonyl (C=O) groups is 1. The Morgan fingerprint density at radius 2 is 0.471 bits per heavy atom. The van der Waals surface area contributed by atoms with Gasteiger partial charge in [0.2, 0.25) is 0 Å². The fourth-order valence-electron chi connectivity index (χ4n) is 4.65. The van der Waals surface area contributed by atoms with E-state index >= 15 is 4.39 Å². The van der Waals surface area contributed by atoms with Crippen LogP contribution in [0.5, 0.6) is 0 Å². The number of hydrogen-bond acceptors (Lipinski definition) is 2. The van der Waals surface area contributed by atoms with Crippen LogP contribution >= 0.6 is 0 Å². The zero-order chi connectivity index (χ0) is 56.4. The summed E-state index contributed by atoms with van der Waals surface area (Å²) >= 11 is 0. The summed E-state index contributed by atoms with van der Waals surface area (Å²) in [6, 6.07) is 0. The third kappa shape index (κ3) is 6.21. The summed E-state index contributed by atoms with van der Waals surface area (Å²) in [6.45, 7) is 2.15. The van der Waals surface area contributed by atoms with Crippen molar-refractivity contribution in [3.05, 3.63) is 12.2 Å². The number of halogens is 41. The van der Waals surface area contributed by atoms with E-state index in [1.54, 1.807) is 0 Å². The highest BCUT2D eigenvalue weighted by molar-refractivity contribution is 5.87. The van der Waals surface area contributed by atoms with Gasteiger partial charge >= 0.3 is 130 Å². The highest BCUT2D eigenvalue weighted by Crippen LogP contribution is 2.76. The van der Waals surface area contributed by atoms with Crippen LogP contribution in [-0.2, 0) is 9.53 Å². The maximum atomic E-state index is 15.5. The Morgan fingerprint density at radius 3 is 0.662 bits per heavy atom. The predicted octanol–water partition coefficient (Wildman–Crippen LogP) is 13.5. The lowest BCUT2D eigenvalue weighted by atomic mass is 9.71.